The van der Waals surface area contributed by atoms with E-state index in [1.807, 2.05) is 48.7 Å². The molecule has 0 spiro atoms. The van der Waals surface area contributed by atoms with Crippen molar-refractivity contribution in [1.82, 2.24) is 4.98 Å². The minimum Gasteiger partial charge on any atom is -0.454 e. The van der Waals surface area contributed by atoms with Gasteiger partial charge in [-0.3, -0.25) is 4.79 Å². The smallest absolute Gasteiger partial charge is 0.342 e. The van der Waals surface area contributed by atoms with E-state index < -0.39 is 5.97 Å². The summed E-state index contributed by atoms with van der Waals surface area (Å²) >= 11 is 1.61. The molecule has 0 bridgehead atoms. The number of anilines is 1. The number of thioether (sulfide) groups is 1. The van der Waals surface area contributed by atoms with E-state index in [2.05, 4.69) is 4.90 Å². The van der Waals surface area contributed by atoms with E-state index in [-0.39, 0.29) is 12.4 Å². The quantitative estimate of drug-likeness (QED) is 0.339. The molecule has 1 aliphatic heterocycles. The Hall–Kier alpha value is -2.86. The number of hydrogen-bond donors (Lipinski definition) is 0. The number of fused-ring (bicyclic) bond motifs is 1. The van der Waals surface area contributed by atoms with Crippen LogP contribution < -0.4 is 4.90 Å². The summed E-state index contributed by atoms with van der Waals surface area (Å²) in [6.07, 6.45) is 4.13. The molecule has 1 fully saturated rings. The van der Waals surface area contributed by atoms with Gasteiger partial charge in [0.25, 0.3) is 0 Å². The highest BCUT2D eigenvalue weighted by atomic mass is 32.2. The van der Waals surface area contributed by atoms with Gasteiger partial charge in [-0.15, -0.1) is 11.8 Å². The van der Waals surface area contributed by atoms with Crippen molar-refractivity contribution in [3.63, 3.8) is 0 Å². The van der Waals surface area contributed by atoms with Crippen molar-refractivity contribution in [2.45, 2.75) is 17.7 Å². The lowest BCUT2D eigenvalue weighted by Crippen LogP contribution is -2.23. The van der Waals surface area contributed by atoms with Crippen LogP contribution in [-0.4, -0.2) is 42.7 Å². The van der Waals surface area contributed by atoms with Gasteiger partial charge in [0.15, 0.2) is 12.4 Å². The lowest BCUT2D eigenvalue weighted by Gasteiger charge is -2.20. The number of aromatic nitrogens is 1. The van der Waals surface area contributed by atoms with Gasteiger partial charge in [0, 0.05) is 28.9 Å². The summed E-state index contributed by atoms with van der Waals surface area (Å²) in [6.45, 7) is 1.45. The van der Waals surface area contributed by atoms with Gasteiger partial charge in [-0.2, -0.15) is 0 Å². The second-order valence-corrected chi connectivity index (χ2v) is 7.85. The molecule has 2 aromatic carbocycles. The first-order chi connectivity index (χ1) is 14.2. The zero-order chi connectivity index (χ0) is 20.2. The predicted octanol–water partition coefficient (Wildman–Crippen LogP) is 4.60. The van der Waals surface area contributed by atoms with Crippen LogP contribution in [0.5, 0.6) is 0 Å². The maximum Gasteiger partial charge on any atom is 0.342 e. The number of benzene rings is 2. The Bertz CT molecular complexity index is 1040. The van der Waals surface area contributed by atoms with Crippen molar-refractivity contribution in [3.8, 4) is 0 Å². The molecule has 1 aliphatic rings. The van der Waals surface area contributed by atoms with Crippen LogP contribution in [0.25, 0.3) is 10.9 Å². The number of ketones is 1. The first kappa shape index (κ1) is 19.5. The number of pyridine rings is 1. The summed E-state index contributed by atoms with van der Waals surface area (Å²) in [5.41, 5.74) is 1.79. The summed E-state index contributed by atoms with van der Waals surface area (Å²) < 4.78 is 5.39. The summed E-state index contributed by atoms with van der Waals surface area (Å²) in [6, 6.07) is 16.8. The molecule has 0 radical (unpaired) electrons. The molecule has 0 amide bonds. The van der Waals surface area contributed by atoms with Crippen LogP contribution in [0.2, 0.25) is 0 Å². The predicted molar refractivity (Wildman–Crippen MR) is 116 cm³/mol. The number of nitrogens with zero attached hydrogens (tertiary/aromatic N) is 2. The zero-order valence-electron chi connectivity index (χ0n) is 16.3. The topological polar surface area (TPSA) is 59.5 Å². The minimum absolute atomic E-state index is 0.220. The fraction of sp³-hybridized carbons (Fsp3) is 0.261. The van der Waals surface area contributed by atoms with Crippen LogP contribution in [0.3, 0.4) is 0 Å². The molecule has 4 rings (SSSR count). The van der Waals surface area contributed by atoms with Crippen LogP contribution in [0.15, 0.2) is 59.5 Å². The third kappa shape index (κ3) is 4.27. The molecule has 0 aliphatic carbocycles. The highest BCUT2D eigenvalue weighted by molar-refractivity contribution is 7.98. The SMILES string of the molecule is CSc1ccc(C(=O)COC(=O)c2cc3ccccc3nc2N2CCCC2)cc1. The zero-order valence-corrected chi connectivity index (χ0v) is 17.1. The largest absolute Gasteiger partial charge is 0.454 e. The molecule has 0 N–H and O–H groups in total. The Balaban J connectivity index is 1.55. The molecule has 5 nitrogen and oxygen atoms in total. The lowest BCUT2D eigenvalue weighted by molar-refractivity contribution is 0.0475. The number of rotatable bonds is 6. The van der Waals surface area contributed by atoms with Gasteiger partial charge in [0.05, 0.1) is 5.52 Å². The second kappa shape index (κ2) is 8.66. The van der Waals surface area contributed by atoms with Gasteiger partial charge in [0.2, 0.25) is 0 Å². The van der Waals surface area contributed by atoms with Gasteiger partial charge >= 0.3 is 5.97 Å². The van der Waals surface area contributed by atoms with Crippen LogP contribution in [0.4, 0.5) is 5.82 Å². The molecule has 3 aromatic rings. The van der Waals surface area contributed by atoms with Crippen molar-refractivity contribution in [2.75, 3.05) is 30.9 Å². The van der Waals surface area contributed by atoms with Crippen molar-refractivity contribution in [1.29, 1.82) is 0 Å². The molecular formula is C23H22N2O3S. The normalized spacial score (nSPS) is 13.6. The Morgan fingerprint density at radius 2 is 1.79 bits per heavy atom. The van der Waals surface area contributed by atoms with Gasteiger partial charge in [-0.1, -0.05) is 30.3 Å². The standard InChI is InChI=1S/C23H22N2O3S/c1-29-18-10-8-16(9-11-18)21(26)15-28-23(27)19-14-17-6-2-3-7-20(17)24-22(19)25-12-4-5-13-25/h2-3,6-11,14H,4-5,12-13,15H2,1H3. The molecule has 1 saturated heterocycles. The van der Waals surface area contributed by atoms with Gasteiger partial charge in [-0.05, 0) is 43.4 Å². The maximum absolute atomic E-state index is 12.9. The summed E-state index contributed by atoms with van der Waals surface area (Å²) in [7, 11) is 0. The highest BCUT2D eigenvalue weighted by Gasteiger charge is 2.23. The molecule has 2 heterocycles. The van der Waals surface area contributed by atoms with Crippen LogP contribution >= 0.6 is 11.8 Å². The van der Waals surface area contributed by atoms with E-state index in [1.165, 1.54) is 0 Å². The fourth-order valence-electron chi connectivity index (χ4n) is 3.50. The minimum atomic E-state index is -0.515. The molecule has 29 heavy (non-hydrogen) atoms. The van der Waals surface area contributed by atoms with E-state index >= 15 is 0 Å². The second-order valence-electron chi connectivity index (χ2n) is 6.97. The first-order valence-electron chi connectivity index (χ1n) is 9.65. The van der Waals surface area contributed by atoms with E-state index in [4.69, 9.17) is 9.72 Å². The van der Waals surface area contributed by atoms with Gasteiger partial charge < -0.3 is 9.64 Å². The Labute approximate surface area is 174 Å². The Kier molecular flexibility index (Phi) is 5.81. The maximum atomic E-state index is 12.9. The number of hydrogen-bond acceptors (Lipinski definition) is 6. The van der Waals surface area contributed by atoms with Crippen molar-refractivity contribution in [3.05, 3.63) is 65.7 Å². The first-order valence-corrected chi connectivity index (χ1v) is 10.9. The molecule has 1 aromatic heterocycles. The number of carbonyl (C=O) groups excluding carboxylic acids is 2. The van der Waals surface area contributed by atoms with Crippen molar-refractivity contribution in [2.24, 2.45) is 0 Å². The van der Waals surface area contributed by atoms with Crippen LogP contribution in [-0.2, 0) is 4.74 Å². The summed E-state index contributed by atoms with van der Waals surface area (Å²) in [5, 5.41) is 0.876. The van der Waals surface area contributed by atoms with Gasteiger partial charge in [-0.25, -0.2) is 9.78 Å². The lowest BCUT2D eigenvalue weighted by atomic mass is 10.1. The number of ether oxygens (including phenoxy) is 1. The third-order valence-corrected chi connectivity index (χ3v) is 5.82. The molecule has 148 valence electrons. The number of Topliss-reactive ketones (excluding diaryl/α,β-unsaturated/α-hetero) is 1. The molecule has 0 atom stereocenters. The van der Waals surface area contributed by atoms with Crippen molar-refractivity contribution >= 4 is 40.2 Å². The molecule has 0 unspecified atom stereocenters. The third-order valence-electron chi connectivity index (χ3n) is 5.08. The number of esters is 1. The molecule has 6 heteroatoms. The highest BCUT2D eigenvalue weighted by Crippen LogP contribution is 2.27. The van der Waals surface area contributed by atoms with Gasteiger partial charge in [0.1, 0.15) is 11.4 Å². The van der Waals surface area contributed by atoms with E-state index in [1.54, 1.807) is 23.9 Å². The van der Waals surface area contributed by atoms with E-state index in [9.17, 15) is 9.59 Å². The van der Waals surface area contributed by atoms with E-state index in [0.717, 1.165) is 41.7 Å². The average molecular weight is 407 g/mol. The Morgan fingerprint density at radius 3 is 2.52 bits per heavy atom. The molecular weight excluding hydrogens is 384 g/mol. The van der Waals surface area contributed by atoms with E-state index in [0.29, 0.717) is 16.9 Å². The number of carbonyl (C=O) groups is 2. The van der Waals surface area contributed by atoms with Crippen LogP contribution in [0.1, 0.15) is 33.6 Å². The summed E-state index contributed by atoms with van der Waals surface area (Å²) in [4.78, 5) is 33.2. The average Bonchev–Trinajstić information content (AvgIpc) is 3.31. The fourth-order valence-corrected chi connectivity index (χ4v) is 3.90. The Morgan fingerprint density at radius 1 is 1.07 bits per heavy atom. The molecule has 0 saturated carbocycles. The summed E-state index contributed by atoms with van der Waals surface area (Å²) in [5.74, 6) is -0.0929. The van der Waals surface area contributed by atoms with Crippen LogP contribution in [0, 0.1) is 0 Å². The van der Waals surface area contributed by atoms with Crippen molar-refractivity contribution < 1.29 is 14.3 Å². The monoisotopic (exact) mass is 406 g/mol. The number of para-hydroxylation sites is 1.